The van der Waals surface area contributed by atoms with Crippen LogP contribution in [0.4, 0.5) is 10.1 Å². The van der Waals surface area contributed by atoms with Gasteiger partial charge in [-0.1, -0.05) is 23.2 Å². The van der Waals surface area contributed by atoms with Gasteiger partial charge in [0.1, 0.15) is 17.1 Å². The molecule has 1 aromatic heterocycles. The summed E-state index contributed by atoms with van der Waals surface area (Å²) >= 11 is 16.9. The Labute approximate surface area is 173 Å². The number of halogens is 3. The quantitative estimate of drug-likeness (QED) is 0.451. The van der Waals surface area contributed by atoms with Crippen LogP contribution in [0.1, 0.15) is 5.56 Å². The Balaban J connectivity index is 2.09. The van der Waals surface area contributed by atoms with E-state index in [1.807, 2.05) is 0 Å². The van der Waals surface area contributed by atoms with Crippen LogP contribution in [0.2, 0.25) is 10.0 Å². The van der Waals surface area contributed by atoms with Gasteiger partial charge in [0.2, 0.25) is 5.88 Å². The van der Waals surface area contributed by atoms with Crippen LogP contribution in [0, 0.1) is 10.6 Å². The highest BCUT2D eigenvalue weighted by Crippen LogP contribution is 2.29. The molecule has 6 nitrogen and oxygen atoms in total. The third-order valence-corrected chi connectivity index (χ3v) is 4.63. The summed E-state index contributed by atoms with van der Waals surface area (Å²) in [4.78, 5) is 18.8. The number of rotatable bonds is 4. The SMILES string of the molecule is COc1ccc(N=Cc2c(O)n(-c3ccc(F)c(Cl)c3)c(=S)[nH]c2=O)cc1Cl. The van der Waals surface area contributed by atoms with E-state index in [1.165, 1.54) is 31.5 Å². The van der Waals surface area contributed by atoms with Crippen molar-refractivity contribution in [1.82, 2.24) is 9.55 Å². The molecule has 144 valence electrons. The standard InChI is InChI=1S/C18H12Cl2FN3O3S/c1-27-15-5-2-9(6-13(15)20)22-8-11-16(25)23-18(28)24(17(11)26)10-3-4-14(21)12(19)7-10/h2-8,26H,1H3,(H,23,25,28). The summed E-state index contributed by atoms with van der Waals surface area (Å²) in [6, 6.07) is 8.54. The molecule has 0 aliphatic rings. The topological polar surface area (TPSA) is 79.6 Å². The minimum atomic E-state index is -0.643. The number of hydrogen-bond donors (Lipinski definition) is 2. The Morgan fingerprint density at radius 2 is 2.00 bits per heavy atom. The van der Waals surface area contributed by atoms with Crippen LogP contribution in [0.15, 0.2) is 46.2 Å². The Morgan fingerprint density at radius 1 is 1.25 bits per heavy atom. The van der Waals surface area contributed by atoms with E-state index in [4.69, 9.17) is 40.2 Å². The third kappa shape index (κ3) is 3.94. The van der Waals surface area contributed by atoms with Crippen LogP contribution >= 0.6 is 35.4 Å². The maximum Gasteiger partial charge on any atom is 0.264 e. The van der Waals surface area contributed by atoms with Gasteiger partial charge in [-0.25, -0.2) is 4.39 Å². The molecule has 0 atom stereocenters. The highest BCUT2D eigenvalue weighted by atomic mass is 35.5. The third-order valence-electron chi connectivity index (χ3n) is 3.76. The summed E-state index contributed by atoms with van der Waals surface area (Å²) in [6.45, 7) is 0. The number of aromatic amines is 1. The van der Waals surface area contributed by atoms with Crippen molar-refractivity contribution in [2.45, 2.75) is 0 Å². The predicted octanol–water partition coefficient (Wildman–Crippen LogP) is 4.81. The summed E-state index contributed by atoms with van der Waals surface area (Å²) in [5, 5.41) is 10.8. The maximum absolute atomic E-state index is 13.4. The van der Waals surface area contributed by atoms with E-state index >= 15 is 0 Å². The van der Waals surface area contributed by atoms with Crippen molar-refractivity contribution >= 4 is 47.3 Å². The number of benzene rings is 2. The van der Waals surface area contributed by atoms with E-state index in [0.717, 1.165) is 10.6 Å². The van der Waals surface area contributed by atoms with E-state index in [0.29, 0.717) is 16.5 Å². The molecule has 0 amide bonds. The second kappa shape index (κ2) is 8.14. The number of aromatic hydroxyl groups is 1. The summed E-state index contributed by atoms with van der Waals surface area (Å²) in [7, 11) is 1.48. The summed E-state index contributed by atoms with van der Waals surface area (Å²) in [5.41, 5.74) is -0.0907. The second-order valence-electron chi connectivity index (χ2n) is 5.51. The smallest absolute Gasteiger partial charge is 0.264 e. The van der Waals surface area contributed by atoms with Crippen LogP contribution in [-0.2, 0) is 0 Å². The molecule has 3 aromatic rings. The molecule has 0 aliphatic heterocycles. The minimum absolute atomic E-state index is 0.0881. The number of nitrogens with zero attached hydrogens (tertiary/aromatic N) is 2. The fraction of sp³-hybridized carbons (Fsp3) is 0.0556. The van der Waals surface area contributed by atoms with Gasteiger partial charge in [0.25, 0.3) is 5.56 Å². The molecule has 0 radical (unpaired) electrons. The van der Waals surface area contributed by atoms with E-state index in [-0.39, 0.29) is 21.0 Å². The molecule has 0 aliphatic carbocycles. The molecular formula is C18H12Cl2FN3O3S. The molecule has 0 saturated carbocycles. The number of hydrogen-bond acceptors (Lipinski definition) is 5. The lowest BCUT2D eigenvalue weighted by molar-refractivity contribution is 0.415. The highest BCUT2D eigenvalue weighted by molar-refractivity contribution is 7.71. The zero-order valence-corrected chi connectivity index (χ0v) is 16.6. The molecule has 3 rings (SSSR count). The van der Waals surface area contributed by atoms with Gasteiger partial charge in [0.15, 0.2) is 4.77 Å². The first-order valence-corrected chi connectivity index (χ1v) is 8.89. The molecule has 10 heteroatoms. The van der Waals surface area contributed by atoms with Crippen molar-refractivity contribution in [3.8, 4) is 17.3 Å². The summed E-state index contributed by atoms with van der Waals surface area (Å²) in [6.07, 6.45) is 1.17. The number of aromatic nitrogens is 2. The largest absolute Gasteiger partial charge is 0.495 e. The zero-order chi connectivity index (χ0) is 20.4. The van der Waals surface area contributed by atoms with Crippen molar-refractivity contribution in [2.75, 3.05) is 7.11 Å². The molecule has 0 fully saturated rings. The van der Waals surface area contributed by atoms with Gasteiger partial charge in [0, 0.05) is 6.21 Å². The van der Waals surface area contributed by atoms with Crippen LogP contribution < -0.4 is 10.3 Å². The van der Waals surface area contributed by atoms with E-state index < -0.39 is 17.3 Å². The number of nitrogens with one attached hydrogen (secondary N) is 1. The van der Waals surface area contributed by atoms with Gasteiger partial charge in [-0.3, -0.25) is 19.3 Å². The Morgan fingerprint density at radius 3 is 2.64 bits per heavy atom. The molecule has 28 heavy (non-hydrogen) atoms. The van der Waals surface area contributed by atoms with Gasteiger partial charge in [-0.05, 0) is 48.6 Å². The van der Waals surface area contributed by atoms with Crippen LogP contribution in [0.25, 0.3) is 5.69 Å². The molecule has 0 spiro atoms. The molecule has 0 bridgehead atoms. The normalized spacial score (nSPS) is 11.1. The van der Waals surface area contributed by atoms with Crippen molar-refractivity contribution in [3.63, 3.8) is 0 Å². The van der Waals surface area contributed by atoms with Gasteiger partial charge in [0.05, 0.1) is 28.5 Å². The molecule has 1 heterocycles. The minimum Gasteiger partial charge on any atom is -0.495 e. The Kier molecular flexibility index (Phi) is 5.83. The van der Waals surface area contributed by atoms with Crippen molar-refractivity contribution in [1.29, 1.82) is 0 Å². The van der Waals surface area contributed by atoms with Gasteiger partial charge < -0.3 is 9.84 Å². The van der Waals surface area contributed by atoms with Gasteiger partial charge in [-0.2, -0.15) is 0 Å². The first kappa shape index (κ1) is 20.1. The summed E-state index contributed by atoms with van der Waals surface area (Å²) in [5.74, 6) is -0.624. The van der Waals surface area contributed by atoms with E-state index in [9.17, 15) is 14.3 Å². The van der Waals surface area contributed by atoms with Gasteiger partial charge >= 0.3 is 0 Å². The van der Waals surface area contributed by atoms with Crippen LogP contribution in [-0.4, -0.2) is 28.0 Å². The molecular weight excluding hydrogens is 428 g/mol. The second-order valence-corrected chi connectivity index (χ2v) is 6.71. The highest BCUT2D eigenvalue weighted by Gasteiger charge is 2.14. The molecule has 2 aromatic carbocycles. The fourth-order valence-corrected chi connectivity index (χ4v) is 3.10. The van der Waals surface area contributed by atoms with E-state index in [2.05, 4.69) is 9.98 Å². The number of aliphatic imine (C=N–C) groups is 1. The Bertz CT molecular complexity index is 1210. The lowest BCUT2D eigenvalue weighted by Crippen LogP contribution is -2.18. The number of ether oxygens (including phenoxy) is 1. The lowest BCUT2D eigenvalue weighted by atomic mass is 10.2. The average molecular weight is 440 g/mol. The number of methoxy groups -OCH3 is 1. The number of H-pyrrole nitrogens is 1. The van der Waals surface area contributed by atoms with Gasteiger partial charge in [-0.15, -0.1) is 0 Å². The lowest BCUT2D eigenvalue weighted by Gasteiger charge is -2.11. The molecule has 0 saturated heterocycles. The van der Waals surface area contributed by atoms with Crippen molar-refractivity contribution < 1.29 is 14.2 Å². The van der Waals surface area contributed by atoms with Crippen molar-refractivity contribution in [3.05, 3.63) is 72.9 Å². The zero-order valence-electron chi connectivity index (χ0n) is 14.2. The summed E-state index contributed by atoms with van der Waals surface area (Å²) < 4.78 is 19.5. The van der Waals surface area contributed by atoms with Crippen LogP contribution in [0.5, 0.6) is 11.6 Å². The fourth-order valence-electron chi connectivity index (χ4n) is 2.39. The Hall–Kier alpha value is -2.68. The first-order chi connectivity index (χ1) is 13.3. The maximum atomic E-state index is 13.4. The molecule has 0 unspecified atom stereocenters. The monoisotopic (exact) mass is 439 g/mol. The van der Waals surface area contributed by atoms with E-state index in [1.54, 1.807) is 12.1 Å². The first-order valence-electron chi connectivity index (χ1n) is 7.73. The average Bonchev–Trinajstić information content (AvgIpc) is 2.64. The predicted molar refractivity (Wildman–Crippen MR) is 109 cm³/mol. The molecule has 2 N–H and O–H groups in total. The van der Waals surface area contributed by atoms with Crippen molar-refractivity contribution in [2.24, 2.45) is 4.99 Å². The van der Waals surface area contributed by atoms with Crippen LogP contribution in [0.3, 0.4) is 0 Å².